The van der Waals surface area contributed by atoms with Gasteiger partial charge in [-0.1, -0.05) is 26.2 Å². The third kappa shape index (κ3) is 8.19. The molecule has 2 N–H and O–H groups in total. The Balaban J connectivity index is 0.00000225. The van der Waals surface area contributed by atoms with Crippen LogP contribution in [0.1, 0.15) is 45.4 Å². The van der Waals surface area contributed by atoms with E-state index in [0.717, 1.165) is 25.0 Å². The van der Waals surface area contributed by atoms with Crippen LogP contribution < -0.4 is 10.6 Å². The fourth-order valence-corrected chi connectivity index (χ4v) is 1.54. The molecule has 0 saturated heterocycles. The van der Waals surface area contributed by atoms with Crippen LogP contribution in [0.15, 0.2) is 4.99 Å². The first-order chi connectivity index (χ1) is 7.36. The maximum absolute atomic E-state index is 4.20. The van der Waals surface area contributed by atoms with E-state index in [-0.39, 0.29) is 24.0 Å². The van der Waals surface area contributed by atoms with Gasteiger partial charge in [-0.25, -0.2) is 0 Å². The Morgan fingerprint density at radius 1 is 1.19 bits per heavy atom. The third-order valence-corrected chi connectivity index (χ3v) is 2.80. The minimum absolute atomic E-state index is 0. The number of guanidine groups is 1. The highest BCUT2D eigenvalue weighted by Gasteiger charge is 2.20. The molecule has 0 unspecified atom stereocenters. The molecule has 1 aliphatic carbocycles. The van der Waals surface area contributed by atoms with E-state index in [4.69, 9.17) is 0 Å². The number of nitrogens with one attached hydrogen (secondary N) is 2. The van der Waals surface area contributed by atoms with E-state index in [1.165, 1.54) is 38.5 Å². The van der Waals surface area contributed by atoms with Crippen LogP contribution in [-0.2, 0) is 0 Å². The highest BCUT2D eigenvalue weighted by molar-refractivity contribution is 14.0. The third-order valence-electron chi connectivity index (χ3n) is 2.80. The van der Waals surface area contributed by atoms with Gasteiger partial charge in [0.05, 0.1) is 0 Å². The molecule has 0 bridgehead atoms. The second-order valence-electron chi connectivity index (χ2n) is 4.38. The van der Waals surface area contributed by atoms with Crippen LogP contribution in [0.5, 0.6) is 0 Å². The van der Waals surface area contributed by atoms with Crippen molar-refractivity contribution >= 4 is 29.9 Å². The minimum atomic E-state index is 0. The second-order valence-corrected chi connectivity index (χ2v) is 4.38. The molecule has 0 aromatic carbocycles. The van der Waals surface area contributed by atoms with Crippen LogP contribution in [0.3, 0.4) is 0 Å². The Labute approximate surface area is 117 Å². The van der Waals surface area contributed by atoms with Crippen LogP contribution in [0.25, 0.3) is 0 Å². The van der Waals surface area contributed by atoms with Gasteiger partial charge in [-0.3, -0.25) is 4.99 Å². The lowest BCUT2D eigenvalue weighted by molar-refractivity contribution is 0.644. The number of hydrogen-bond acceptors (Lipinski definition) is 1. The van der Waals surface area contributed by atoms with Crippen molar-refractivity contribution in [3.8, 4) is 0 Å². The van der Waals surface area contributed by atoms with Gasteiger partial charge in [0.2, 0.25) is 0 Å². The average Bonchev–Trinajstić information content (AvgIpc) is 3.06. The van der Waals surface area contributed by atoms with E-state index in [1.54, 1.807) is 0 Å². The first kappa shape index (κ1) is 16.0. The summed E-state index contributed by atoms with van der Waals surface area (Å²) in [4.78, 5) is 4.20. The lowest BCUT2D eigenvalue weighted by atomic mass is 10.2. The molecule has 1 aliphatic rings. The van der Waals surface area contributed by atoms with Gasteiger partial charge >= 0.3 is 0 Å². The van der Waals surface area contributed by atoms with Crippen LogP contribution in [0, 0.1) is 5.92 Å². The van der Waals surface area contributed by atoms with Crippen molar-refractivity contribution in [1.82, 2.24) is 10.6 Å². The first-order valence-corrected chi connectivity index (χ1v) is 6.31. The maximum Gasteiger partial charge on any atom is 0.190 e. The van der Waals surface area contributed by atoms with E-state index in [0.29, 0.717) is 0 Å². The van der Waals surface area contributed by atoms with Crippen molar-refractivity contribution in [2.75, 3.05) is 20.1 Å². The summed E-state index contributed by atoms with van der Waals surface area (Å²) >= 11 is 0. The molecule has 0 spiro atoms. The fourth-order valence-electron chi connectivity index (χ4n) is 1.54. The van der Waals surface area contributed by atoms with E-state index in [2.05, 4.69) is 22.5 Å². The number of halogens is 1. The van der Waals surface area contributed by atoms with Crippen LogP contribution in [0.2, 0.25) is 0 Å². The van der Waals surface area contributed by atoms with Crippen LogP contribution >= 0.6 is 24.0 Å². The molecule has 1 rings (SSSR count). The zero-order valence-electron chi connectivity index (χ0n) is 10.6. The van der Waals surface area contributed by atoms with Crippen molar-refractivity contribution < 1.29 is 0 Å². The Hall–Kier alpha value is 0. The number of aliphatic imine (C=N–C) groups is 1. The van der Waals surface area contributed by atoms with Gasteiger partial charge in [0.1, 0.15) is 0 Å². The molecule has 3 nitrogen and oxygen atoms in total. The van der Waals surface area contributed by atoms with Gasteiger partial charge in [0, 0.05) is 20.1 Å². The molecule has 0 amide bonds. The summed E-state index contributed by atoms with van der Waals surface area (Å²) < 4.78 is 0. The molecule has 1 saturated carbocycles. The summed E-state index contributed by atoms with van der Waals surface area (Å²) in [6.07, 6.45) is 7.99. The SMILES string of the molecule is CCCCCCNC(=NC)NCC1CC1.I. The van der Waals surface area contributed by atoms with E-state index >= 15 is 0 Å². The quantitative estimate of drug-likeness (QED) is 0.324. The molecule has 16 heavy (non-hydrogen) atoms. The number of unbranched alkanes of at least 4 members (excludes halogenated alkanes) is 3. The summed E-state index contributed by atoms with van der Waals surface area (Å²) in [7, 11) is 1.84. The summed E-state index contributed by atoms with van der Waals surface area (Å²) in [6.45, 7) is 4.38. The number of hydrogen-bond donors (Lipinski definition) is 2. The smallest absolute Gasteiger partial charge is 0.190 e. The predicted molar refractivity (Wildman–Crippen MR) is 81.6 cm³/mol. The van der Waals surface area contributed by atoms with Crippen LogP contribution in [-0.4, -0.2) is 26.1 Å². The van der Waals surface area contributed by atoms with Crippen molar-refractivity contribution in [3.05, 3.63) is 0 Å². The van der Waals surface area contributed by atoms with Crippen molar-refractivity contribution in [2.45, 2.75) is 45.4 Å². The first-order valence-electron chi connectivity index (χ1n) is 6.31. The zero-order chi connectivity index (χ0) is 10.9. The lowest BCUT2D eigenvalue weighted by Gasteiger charge is -2.10. The molecular formula is C12H26IN3. The zero-order valence-corrected chi connectivity index (χ0v) is 12.9. The van der Waals surface area contributed by atoms with Gasteiger partial charge in [0.25, 0.3) is 0 Å². The fraction of sp³-hybridized carbons (Fsp3) is 0.917. The summed E-state index contributed by atoms with van der Waals surface area (Å²) in [5.41, 5.74) is 0. The van der Waals surface area contributed by atoms with Crippen molar-refractivity contribution in [3.63, 3.8) is 0 Å². The van der Waals surface area contributed by atoms with E-state index < -0.39 is 0 Å². The monoisotopic (exact) mass is 339 g/mol. The van der Waals surface area contributed by atoms with Crippen molar-refractivity contribution in [2.24, 2.45) is 10.9 Å². The van der Waals surface area contributed by atoms with Gasteiger partial charge in [-0.15, -0.1) is 24.0 Å². The molecule has 96 valence electrons. The average molecular weight is 339 g/mol. The maximum atomic E-state index is 4.20. The molecule has 0 aromatic rings. The normalized spacial score (nSPS) is 15.5. The highest BCUT2D eigenvalue weighted by Crippen LogP contribution is 2.27. The minimum Gasteiger partial charge on any atom is -0.356 e. The Kier molecular flexibility index (Phi) is 10.2. The number of nitrogens with zero attached hydrogens (tertiary/aromatic N) is 1. The second kappa shape index (κ2) is 10.2. The molecule has 0 atom stereocenters. The van der Waals surface area contributed by atoms with Crippen molar-refractivity contribution in [1.29, 1.82) is 0 Å². The topological polar surface area (TPSA) is 36.4 Å². The molecule has 1 fully saturated rings. The van der Waals surface area contributed by atoms with Gasteiger partial charge in [-0.2, -0.15) is 0 Å². The molecule has 0 radical (unpaired) electrons. The number of rotatable bonds is 7. The Morgan fingerprint density at radius 3 is 2.50 bits per heavy atom. The van der Waals surface area contributed by atoms with E-state index in [1.807, 2.05) is 7.05 Å². The summed E-state index contributed by atoms with van der Waals surface area (Å²) in [5, 5.41) is 6.71. The Bertz CT molecular complexity index is 191. The summed E-state index contributed by atoms with van der Waals surface area (Å²) in [5.74, 6) is 1.88. The molecule has 0 aromatic heterocycles. The lowest BCUT2D eigenvalue weighted by Crippen LogP contribution is -2.38. The van der Waals surface area contributed by atoms with Gasteiger partial charge in [0.15, 0.2) is 5.96 Å². The van der Waals surface area contributed by atoms with Gasteiger partial charge in [-0.05, 0) is 25.2 Å². The van der Waals surface area contributed by atoms with Crippen LogP contribution in [0.4, 0.5) is 0 Å². The van der Waals surface area contributed by atoms with E-state index in [9.17, 15) is 0 Å². The molecular weight excluding hydrogens is 313 g/mol. The summed E-state index contributed by atoms with van der Waals surface area (Å²) in [6, 6.07) is 0. The van der Waals surface area contributed by atoms with Gasteiger partial charge < -0.3 is 10.6 Å². The predicted octanol–water partition coefficient (Wildman–Crippen LogP) is 2.76. The highest BCUT2D eigenvalue weighted by atomic mass is 127. The standard InChI is InChI=1S/C12H25N3.HI/c1-3-4-5-6-9-14-12(13-2)15-10-11-7-8-11;/h11H,3-10H2,1-2H3,(H2,13,14,15);1H. The molecule has 0 heterocycles. The Morgan fingerprint density at radius 2 is 1.94 bits per heavy atom. The molecule has 0 aliphatic heterocycles. The molecule has 4 heteroatoms. The largest absolute Gasteiger partial charge is 0.356 e.